The fourth-order valence-electron chi connectivity index (χ4n) is 4.20. The smallest absolute Gasteiger partial charge is 0.340 e. The maximum Gasteiger partial charge on any atom is 0.340 e. The Bertz CT molecular complexity index is 1280. The summed E-state index contributed by atoms with van der Waals surface area (Å²) in [6.07, 6.45) is 1.58. The average molecular weight is 702 g/mol. The third-order valence-corrected chi connectivity index (χ3v) is 7.35. The topological polar surface area (TPSA) is 131 Å². The highest BCUT2D eigenvalue weighted by Crippen LogP contribution is 2.45. The number of nitrogens with zero attached hydrogens (tertiary/aromatic N) is 1. The molecule has 2 aliphatic rings. The normalized spacial score (nSPS) is 17.6. The Morgan fingerprint density at radius 1 is 1.23 bits per heavy atom. The number of benzene rings is 2. The second-order valence-electron chi connectivity index (χ2n) is 7.95. The molecular weight excluding hydrogens is 682 g/mol. The van der Waals surface area contributed by atoms with E-state index in [-0.39, 0.29) is 29.5 Å². The minimum Gasteiger partial charge on any atom is -0.487 e. The molecule has 0 fully saturated rings. The van der Waals surface area contributed by atoms with Crippen molar-refractivity contribution in [2.75, 3.05) is 7.11 Å². The Hall–Kier alpha value is -2.68. The zero-order valence-electron chi connectivity index (χ0n) is 18.5. The Balaban J connectivity index is 1.71. The molecule has 11 heteroatoms. The van der Waals surface area contributed by atoms with Gasteiger partial charge >= 0.3 is 5.97 Å². The predicted molar refractivity (Wildman–Crippen MR) is 142 cm³/mol. The molecule has 0 spiro atoms. The number of ether oxygens (including phenoxy) is 3. The number of carbonyl (C=O) groups is 2. The minimum absolute atomic E-state index is 0.00805. The SMILES string of the molecule is COC(=O)C1=C(N)OC2=C(C(=O)CCC2)[C@@H]1c1cc(I)c(OCc2cccc([N+](=O)[O-])c2)c(I)c1. The van der Waals surface area contributed by atoms with Crippen molar-refractivity contribution >= 4 is 62.6 Å². The summed E-state index contributed by atoms with van der Waals surface area (Å²) in [5.41, 5.74) is 7.99. The van der Waals surface area contributed by atoms with Crippen LogP contribution in [0.1, 0.15) is 36.3 Å². The molecule has 9 nitrogen and oxygen atoms in total. The van der Waals surface area contributed by atoms with Gasteiger partial charge in [0.15, 0.2) is 5.78 Å². The minimum atomic E-state index is -0.716. The third-order valence-electron chi connectivity index (χ3n) is 5.75. The molecule has 0 aromatic heterocycles. The first kappa shape index (κ1) is 25.4. The van der Waals surface area contributed by atoms with Gasteiger partial charge in [0.1, 0.15) is 23.7 Å². The lowest BCUT2D eigenvalue weighted by Gasteiger charge is -2.32. The van der Waals surface area contributed by atoms with Crippen LogP contribution < -0.4 is 10.5 Å². The lowest BCUT2D eigenvalue weighted by atomic mass is 9.77. The zero-order chi connectivity index (χ0) is 25.3. The molecule has 2 aromatic carbocycles. The molecule has 0 saturated heterocycles. The van der Waals surface area contributed by atoms with Crippen molar-refractivity contribution in [2.45, 2.75) is 31.8 Å². The number of nitro benzene ring substituents is 1. The van der Waals surface area contributed by atoms with Crippen molar-refractivity contribution in [3.63, 3.8) is 0 Å². The highest BCUT2D eigenvalue weighted by atomic mass is 127. The summed E-state index contributed by atoms with van der Waals surface area (Å²) in [6, 6.07) is 9.93. The van der Waals surface area contributed by atoms with E-state index in [0.29, 0.717) is 47.5 Å². The molecule has 1 aliphatic carbocycles. The van der Waals surface area contributed by atoms with E-state index in [0.717, 1.165) is 7.14 Å². The number of nitrogens with two attached hydrogens (primary N) is 1. The molecular formula is C24H20I2N2O7. The maximum absolute atomic E-state index is 12.9. The second kappa shape index (κ2) is 10.5. The van der Waals surface area contributed by atoms with Gasteiger partial charge < -0.3 is 19.9 Å². The number of allylic oxidation sites excluding steroid dienone is 2. The van der Waals surface area contributed by atoms with Crippen LogP contribution in [-0.4, -0.2) is 23.8 Å². The van der Waals surface area contributed by atoms with Gasteiger partial charge in [0.25, 0.3) is 5.69 Å². The van der Waals surface area contributed by atoms with Crippen molar-refractivity contribution in [2.24, 2.45) is 5.73 Å². The van der Waals surface area contributed by atoms with Crippen LogP contribution in [0.25, 0.3) is 0 Å². The molecule has 1 aliphatic heterocycles. The van der Waals surface area contributed by atoms with Crippen LogP contribution in [-0.2, 0) is 25.7 Å². The molecule has 0 amide bonds. The molecule has 0 saturated carbocycles. The third kappa shape index (κ3) is 5.15. The van der Waals surface area contributed by atoms with Crippen molar-refractivity contribution < 1.29 is 28.7 Å². The van der Waals surface area contributed by atoms with E-state index in [1.165, 1.54) is 19.2 Å². The summed E-state index contributed by atoms with van der Waals surface area (Å²) in [4.78, 5) is 36.2. The second-order valence-corrected chi connectivity index (χ2v) is 10.3. The van der Waals surface area contributed by atoms with Crippen molar-refractivity contribution in [3.05, 3.63) is 87.6 Å². The summed E-state index contributed by atoms with van der Waals surface area (Å²) < 4.78 is 18.1. The molecule has 0 unspecified atom stereocenters. The van der Waals surface area contributed by atoms with E-state index >= 15 is 0 Å². The number of Topliss-reactive ketones (excluding diaryl/α,β-unsaturated/α-hetero) is 1. The first-order valence-electron chi connectivity index (χ1n) is 10.6. The van der Waals surface area contributed by atoms with Gasteiger partial charge in [-0.05, 0) is 74.9 Å². The van der Waals surface area contributed by atoms with Gasteiger partial charge in [-0.15, -0.1) is 0 Å². The lowest BCUT2D eigenvalue weighted by molar-refractivity contribution is -0.384. The largest absolute Gasteiger partial charge is 0.487 e. The molecule has 2 aromatic rings. The summed E-state index contributed by atoms with van der Waals surface area (Å²) in [6.45, 7) is 0.137. The number of hydrogen-bond donors (Lipinski definition) is 1. The number of methoxy groups -OCH3 is 1. The number of hydrogen-bond acceptors (Lipinski definition) is 8. The first-order chi connectivity index (χ1) is 16.7. The van der Waals surface area contributed by atoms with Crippen LogP contribution in [0.4, 0.5) is 5.69 Å². The average Bonchev–Trinajstić information content (AvgIpc) is 2.82. The van der Waals surface area contributed by atoms with E-state index in [1.807, 2.05) is 12.1 Å². The lowest BCUT2D eigenvalue weighted by Crippen LogP contribution is -2.31. The van der Waals surface area contributed by atoms with Crippen molar-refractivity contribution in [1.82, 2.24) is 0 Å². The Morgan fingerprint density at radius 2 is 1.94 bits per heavy atom. The number of rotatable bonds is 6. The van der Waals surface area contributed by atoms with Crippen molar-refractivity contribution in [1.29, 1.82) is 0 Å². The van der Waals surface area contributed by atoms with E-state index in [1.54, 1.807) is 12.1 Å². The van der Waals surface area contributed by atoms with Crippen LogP contribution in [0.2, 0.25) is 0 Å². The van der Waals surface area contributed by atoms with E-state index < -0.39 is 16.8 Å². The number of halogens is 2. The van der Waals surface area contributed by atoms with Gasteiger partial charge in [0.2, 0.25) is 5.88 Å². The maximum atomic E-state index is 12.9. The quantitative estimate of drug-likeness (QED) is 0.196. The number of esters is 1. The summed E-state index contributed by atoms with van der Waals surface area (Å²) >= 11 is 4.25. The monoisotopic (exact) mass is 702 g/mol. The highest BCUT2D eigenvalue weighted by Gasteiger charge is 2.41. The van der Waals surface area contributed by atoms with Crippen LogP contribution in [0.15, 0.2) is 59.2 Å². The zero-order valence-corrected chi connectivity index (χ0v) is 22.8. The standard InChI is InChI=1S/C24H20I2N2O7/c1-33-24(30)21-19(20-17(29)6-3-7-18(20)35-23(21)27)13-9-15(25)22(16(26)10-13)34-11-12-4-2-5-14(8-12)28(31)32/h2,4-5,8-10,19H,3,6-7,11,27H2,1H3/t19-/m0/s1. The summed E-state index contributed by atoms with van der Waals surface area (Å²) in [5.74, 6) is -0.436. The number of nitro groups is 1. The number of ketones is 1. The first-order valence-corrected chi connectivity index (χ1v) is 12.7. The van der Waals surface area contributed by atoms with Gasteiger partial charge in [0, 0.05) is 30.5 Å². The summed E-state index contributed by atoms with van der Waals surface area (Å²) in [5, 5.41) is 11.0. The van der Waals surface area contributed by atoms with Crippen LogP contribution in [0.5, 0.6) is 5.75 Å². The molecule has 35 heavy (non-hydrogen) atoms. The van der Waals surface area contributed by atoms with Gasteiger partial charge in [-0.25, -0.2) is 4.79 Å². The molecule has 4 rings (SSSR count). The van der Waals surface area contributed by atoms with Crippen LogP contribution in [0.3, 0.4) is 0 Å². The highest BCUT2D eigenvalue weighted by molar-refractivity contribution is 14.1. The fraction of sp³-hybridized carbons (Fsp3) is 0.250. The Labute approximate surface area is 228 Å². The van der Waals surface area contributed by atoms with Gasteiger partial charge in [-0.2, -0.15) is 0 Å². The van der Waals surface area contributed by atoms with Crippen molar-refractivity contribution in [3.8, 4) is 5.75 Å². The Morgan fingerprint density at radius 3 is 2.60 bits per heavy atom. The Kier molecular flexibility index (Phi) is 7.64. The molecule has 1 heterocycles. The number of non-ortho nitro benzene ring substituents is 1. The molecule has 1 atom stereocenters. The van der Waals surface area contributed by atoms with Gasteiger partial charge in [0.05, 0.1) is 25.1 Å². The van der Waals surface area contributed by atoms with E-state index in [4.69, 9.17) is 19.9 Å². The van der Waals surface area contributed by atoms with E-state index in [2.05, 4.69) is 45.2 Å². The number of carbonyl (C=O) groups excluding carboxylic acids is 2. The fourth-order valence-corrected chi connectivity index (χ4v) is 6.33. The van der Waals surface area contributed by atoms with Crippen LogP contribution >= 0.6 is 45.2 Å². The van der Waals surface area contributed by atoms with Gasteiger partial charge in [-0.3, -0.25) is 14.9 Å². The van der Waals surface area contributed by atoms with E-state index in [9.17, 15) is 19.7 Å². The molecule has 182 valence electrons. The predicted octanol–water partition coefficient (Wildman–Crippen LogP) is 4.85. The van der Waals surface area contributed by atoms with Gasteiger partial charge in [-0.1, -0.05) is 12.1 Å². The molecule has 2 N–H and O–H groups in total. The molecule has 0 radical (unpaired) electrons. The summed E-state index contributed by atoms with van der Waals surface area (Å²) in [7, 11) is 1.25. The van der Waals surface area contributed by atoms with Crippen LogP contribution in [0, 0.1) is 17.3 Å². The molecule has 0 bridgehead atoms.